The molecule has 1 saturated carbocycles. The van der Waals surface area contributed by atoms with Gasteiger partial charge in [-0.05, 0) is 18.9 Å². The van der Waals surface area contributed by atoms with Crippen LogP contribution >= 0.6 is 10.7 Å². The summed E-state index contributed by atoms with van der Waals surface area (Å²) in [6.07, 6.45) is 3.20. The summed E-state index contributed by atoms with van der Waals surface area (Å²) in [4.78, 5) is 10.6. The van der Waals surface area contributed by atoms with E-state index in [1.807, 2.05) is 0 Å². The standard InChI is InChI=1S/C8H8ClNO4S/c9-15(13,14)6-3-4-10(5-1-2-5)7(6)8(11)12/h3-5H,1-2H2,(H,11,12). The van der Waals surface area contributed by atoms with E-state index in [-0.39, 0.29) is 16.6 Å². The van der Waals surface area contributed by atoms with Gasteiger partial charge in [0.25, 0.3) is 9.05 Å². The van der Waals surface area contributed by atoms with Crippen molar-refractivity contribution in [3.8, 4) is 0 Å². The van der Waals surface area contributed by atoms with Gasteiger partial charge in [0.15, 0.2) is 0 Å². The Hall–Kier alpha value is -1.01. The molecule has 0 aliphatic heterocycles. The van der Waals surface area contributed by atoms with Gasteiger partial charge in [-0.15, -0.1) is 0 Å². The van der Waals surface area contributed by atoms with Crippen LogP contribution in [-0.4, -0.2) is 24.1 Å². The first-order valence-electron chi connectivity index (χ1n) is 4.30. The molecule has 7 heteroatoms. The zero-order valence-corrected chi connectivity index (χ0v) is 9.12. The number of nitrogens with zero attached hydrogens (tertiary/aromatic N) is 1. The lowest BCUT2D eigenvalue weighted by molar-refractivity contribution is 0.0680. The van der Waals surface area contributed by atoms with Crippen molar-refractivity contribution in [1.29, 1.82) is 0 Å². The normalized spacial score (nSPS) is 16.6. The summed E-state index contributed by atoms with van der Waals surface area (Å²) in [5, 5.41) is 8.93. The summed E-state index contributed by atoms with van der Waals surface area (Å²) in [6.45, 7) is 0. The highest BCUT2D eigenvalue weighted by Crippen LogP contribution is 2.38. The van der Waals surface area contributed by atoms with Crippen LogP contribution in [0.25, 0.3) is 0 Å². The van der Waals surface area contributed by atoms with Crippen LogP contribution in [0.2, 0.25) is 0 Å². The Morgan fingerprint density at radius 1 is 1.53 bits per heavy atom. The van der Waals surface area contributed by atoms with E-state index in [1.165, 1.54) is 16.8 Å². The van der Waals surface area contributed by atoms with Gasteiger partial charge in [0.2, 0.25) is 0 Å². The summed E-state index contributed by atoms with van der Waals surface area (Å²) in [7, 11) is 1.15. The van der Waals surface area contributed by atoms with Crippen LogP contribution in [0.3, 0.4) is 0 Å². The molecule has 5 nitrogen and oxygen atoms in total. The molecule has 1 aromatic heterocycles. The number of carbonyl (C=O) groups is 1. The van der Waals surface area contributed by atoms with Crippen molar-refractivity contribution in [2.45, 2.75) is 23.8 Å². The van der Waals surface area contributed by atoms with Crippen molar-refractivity contribution in [2.24, 2.45) is 0 Å². The molecule has 0 aromatic carbocycles. The quantitative estimate of drug-likeness (QED) is 0.823. The average molecular weight is 250 g/mol. The Morgan fingerprint density at radius 2 is 2.13 bits per heavy atom. The summed E-state index contributed by atoms with van der Waals surface area (Å²) < 4.78 is 23.7. The molecule has 82 valence electrons. The number of aromatic carboxylic acids is 1. The molecule has 0 amide bonds. The van der Waals surface area contributed by atoms with E-state index in [0.29, 0.717) is 0 Å². The number of rotatable bonds is 3. The number of halogens is 1. The maximum absolute atomic E-state index is 11.1. The van der Waals surface area contributed by atoms with Crippen LogP contribution in [0.1, 0.15) is 29.4 Å². The predicted molar refractivity (Wildman–Crippen MR) is 52.7 cm³/mol. The zero-order chi connectivity index (χ0) is 11.2. The SMILES string of the molecule is O=C(O)c1c(S(=O)(=O)Cl)ccn1C1CC1. The smallest absolute Gasteiger partial charge is 0.353 e. The van der Waals surface area contributed by atoms with Crippen molar-refractivity contribution in [3.05, 3.63) is 18.0 Å². The lowest BCUT2D eigenvalue weighted by Gasteiger charge is -2.04. The van der Waals surface area contributed by atoms with E-state index >= 15 is 0 Å². The summed E-state index contributed by atoms with van der Waals surface area (Å²) in [6, 6.07) is 1.33. The molecular weight excluding hydrogens is 242 g/mol. The lowest BCUT2D eigenvalue weighted by Crippen LogP contribution is -2.10. The van der Waals surface area contributed by atoms with Gasteiger partial charge in [0.1, 0.15) is 10.6 Å². The van der Waals surface area contributed by atoms with Gasteiger partial charge in [0.05, 0.1) is 0 Å². The molecule has 0 bridgehead atoms. The van der Waals surface area contributed by atoms with E-state index < -0.39 is 15.0 Å². The van der Waals surface area contributed by atoms with Crippen molar-refractivity contribution in [2.75, 3.05) is 0 Å². The van der Waals surface area contributed by atoms with E-state index in [1.54, 1.807) is 0 Å². The van der Waals surface area contributed by atoms with Crippen molar-refractivity contribution < 1.29 is 18.3 Å². The Morgan fingerprint density at radius 3 is 2.53 bits per heavy atom. The highest BCUT2D eigenvalue weighted by Gasteiger charge is 2.32. The number of carboxylic acid groups (broad SMARTS) is 1. The molecule has 1 fully saturated rings. The molecule has 1 aliphatic carbocycles. The maximum atomic E-state index is 11.1. The van der Waals surface area contributed by atoms with Gasteiger partial charge in [0, 0.05) is 22.9 Å². The molecule has 1 aromatic rings. The van der Waals surface area contributed by atoms with Gasteiger partial charge in [-0.3, -0.25) is 0 Å². The second kappa shape index (κ2) is 3.24. The van der Waals surface area contributed by atoms with Gasteiger partial charge < -0.3 is 9.67 Å². The van der Waals surface area contributed by atoms with Gasteiger partial charge in [-0.2, -0.15) is 0 Å². The van der Waals surface area contributed by atoms with Gasteiger partial charge in [-0.1, -0.05) is 0 Å². The van der Waals surface area contributed by atoms with Crippen LogP contribution in [0, 0.1) is 0 Å². The van der Waals surface area contributed by atoms with Crippen LogP contribution in [-0.2, 0) is 9.05 Å². The third-order valence-electron chi connectivity index (χ3n) is 2.28. The number of aromatic nitrogens is 1. The minimum Gasteiger partial charge on any atom is -0.477 e. The first kappa shape index (κ1) is 10.5. The van der Waals surface area contributed by atoms with Crippen LogP contribution in [0.5, 0.6) is 0 Å². The fraction of sp³-hybridized carbons (Fsp3) is 0.375. The topological polar surface area (TPSA) is 76.4 Å². The molecule has 1 aliphatic rings. The van der Waals surface area contributed by atoms with Crippen LogP contribution in [0.15, 0.2) is 17.2 Å². The first-order valence-corrected chi connectivity index (χ1v) is 6.61. The Kier molecular flexibility index (Phi) is 2.27. The highest BCUT2D eigenvalue weighted by molar-refractivity contribution is 8.13. The monoisotopic (exact) mass is 249 g/mol. The summed E-state index contributed by atoms with van der Waals surface area (Å²) in [5.74, 6) is -1.27. The molecule has 1 heterocycles. The van der Waals surface area contributed by atoms with Crippen molar-refractivity contribution >= 4 is 25.7 Å². The molecule has 2 rings (SSSR count). The second-order valence-corrected chi connectivity index (χ2v) is 5.94. The van der Waals surface area contributed by atoms with Crippen LogP contribution in [0.4, 0.5) is 0 Å². The molecule has 15 heavy (non-hydrogen) atoms. The van der Waals surface area contributed by atoms with Crippen LogP contribution < -0.4 is 0 Å². The Labute approximate surface area is 90.7 Å². The van der Waals surface area contributed by atoms with Crippen molar-refractivity contribution in [3.63, 3.8) is 0 Å². The van der Waals surface area contributed by atoms with Gasteiger partial charge in [-0.25, -0.2) is 13.2 Å². The summed E-state index contributed by atoms with van der Waals surface area (Å²) in [5.41, 5.74) is -0.243. The zero-order valence-electron chi connectivity index (χ0n) is 7.55. The Bertz CT molecular complexity index is 515. The lowest BCUT2D eigenvalue weighted by atomic mass is 10.4. The molecule has 0 spiro atoms. The third kappa shape index (κ3) is 1.87. The maximum Gasteiger partial charge on any atom is 0.353 e. The predicted octanol–water partition coefficient (Wildman–Crippen LogP) is 1.45. The fourth-order valence-corrected chi connectivity index (χ4v) is 2.52. The van der Waals surface area contributed by atoms with Crippen molar-refractivity contribution in [1.82, 2.24) is 4.57 Å². The van der Waals surface area contributed by atoms with E-state index in [2.05, 4.69) is 0 Å². The number of carboxylic acids is 1. The molecular formula is C8H8ClNO4S. The molecule has 0 radical (unpaired) electrons. The van der Waals surface area contributed by atoms with E-state index in [4.69, 9.17) is 15.8 Å². The number of hydrogen-bond acceptors (Lipinski definition) is 3. The van der Waals surface area contributed by atoms with E-state index in [0.717, 1.165) is 12.8 Å². The minimum atomic E-state index is -3.99. The second-order valence-electron chi connectivity index (χ2n) is 3.41. The highest BCUT2D eigenvalue weighted by atomic mass is 35.7. The molecule has 0 saturated heterocycles. The number of hydrogen-bond donors (Lipinski definition) is 1. The summed E-state index contributed by atoms with van der Waals surface area (Å²) >= 11 is 0. The Balaban J connectivity index is 2.61. The fourth-order valence-electron chi connectivity index (χ4n) is 1.50. The minimum absolute atomic E-state index is 0.100. The van der Waals surface area contributed by atoms with E-state index in [9.17, 15) is 13.2 Å². The third-order valence-corrected chi connectivity index (χ3v) is 3.64. The largest absolute Gasteiger partial charge is 0.477 e. The molecule has 0 atom stereocenters. The molecule has 1 N–H and O–H groups in total. The first-order chi connectivity index (χ1) is 6.91. The molecule has 0 unspecified atom stereocenters. The van der Waals surface area contributed by atoms with Gasteiger partial charge >= 0.3 is 5.97 Å². The average Bonchev–Trinajstić information content (AvgIpc) is 2.81.